The Balaban J connectivity index is 2.20. The van der Waals surface area contributed by atoms with E-state index >= 15 is 0 Å². The summed E-state index contributed by atoms with van der Waals surface area (Å²) in [6.45, 7) is 1.46. The van der Waals surface area contributed by atoms with Crippen LogP contribution >= 0.6 is 22.6 Å². The molecule has 0 bridgehead atoms. The van der Waals surface area contributed by atoms with Crippen LogP contribution in [0.15, 0.2) is 24.3 Å². The molecule has 2 N–H and O–H groups in total. The van der Waals surface area contributed by atoms with E-state index in [9.17, 15) is 0 Å². The molecule has 0 aliphatic carbocycles. The Kier molecular flexibility index (Phi) is 2.86. The monoisotopic (exact) mass is 289 g/mol. The van der Waals surface area contributed by atoms with Gasteiger partial charge >= 0.3 is 0 Å². The molecule has 2 atom stereocenters. The van der Waals surface area contributed by atoms with Gasteiger partial charge in [0.25, 0.3) is 0 Å². The summed E-state index contributed by atoms with van der Waals surface area (Å²) in [6.07, 6.45) is 0. The lowest BCUT2D eigenvalue weighted by Gasteiger charge is -2.13. The molecule has 0 aromatic heterocycles. The summed E-state index contributed by atoms with van der Waals surface area (Å²) in [4.78, 5) is 0. The van der Waals surface area contributed by atoms with Crippen LogP contribution in [-0.2, 0) is 4.74 Å². The zero-order valence-electron chi connectivity index (χ0n) is 7.24. The van der Waals surface area contributed by atoms with Gasteiger partial charge in [-0.25, -0.2) is 0 Å². The highest BCUT2D eigenvalue weighted by Gasteiger charge is 2.25. The third-order valence-corrected chi connectivity index (χ3v) is 3.14. The minimum Gasteiger partial charge on any atom is -0.379 e. The van der Waals surface area contributed by atoms with Crippen molar-refractivity contribution >= 4 is 22.6 Å². The lowest BCUT2D eigenvalue weighted by molar-refractivity contribution is 0.191. The van der Waals surface area contributed by atoms with Crippen LogP contribution in [0.25, 0.3) is 0 Å². The number of benzene rings is 1. The van der Waals surface area contributed by atoms with Crippen LogP contribution < -0.4 is 5.73 Å². The number of ether oxygens (including phenoxy) is 1. The van der Waals surface area contributed by atoms with Crippen molar-refractivity contribution in [2.75, 3.05) is 13.2 Å². The molecule has 1 aliphatic rings. The molecule has 70 valence electrons. The van der Waals surface area contributed by atoms with Gasteiger partial charge in [-0.05, 0) is 40.3 Å². The van der Waals surface area contributed by atoms with E-state index in [4.69, 9.17) is 10.5 Å². The Labute approximate surface area is 91.6 Å². The van der Waals surface area contributed by atoms with Crippen molar-refractivity contribution < 1.29 is 4.74 Å². The number of nitrogens with two attached hydrogens (primary N) is 1. The minimum absolute atomic E-state index is 0.167. The molecule has 0 radical (unpaired) electrons. The minimum atomic E-state index is 0.167. The molecule has 3 heteroatoms. The molecule has 0 spiro atoms. The van der Waals surface area contributed by atoms with Crippen molar-refractivity contribution in [1.29, 1.82) is 0 Å². The summed E-state index contributed by atoms with van der Waals surface area (Å²) < 4.78 is 6.59. The first-order valence-corrected chi connectivity index (χ1v) is 5.44. The van der Waals surface area contributed by atoms with E-state index in [1.54, 1.807) is 0 Å². The second kappa shape index (κ2) is 3.94. The highest BCUT2D eigenvalue weighted by atomic mass is 127. The average Bonchev–Trinajstić information content (AvgIpc) is 2.53. The quantitative estimate of drug-likeness (QED) is 0.799. The van der Waals surface area contributed by atoms with Gasteiger partial charge in [0.15, 0.2) is 0 Å². The smallest absolute Gasteiger partial charge is 0.0624 e. The molecule has 2 unspecified atom stereocenters. The average molecular weight is 289 g/mol. The Morgan fingerprint density at radius 1 is 1.23 bits per heavy atom. The van der Waals surface area contributed by atoms with E-state index in [2.05, 4.69) is 46.9 Å². The third kappa shape index (κ3) is 2.03. The molecule has 1 aromatic carbocycles. The number of rotatable bonds is 1. The summed E-state index contributed by atoms with van der Waals surface area (Å²) in [5.74, 6) is 0.386. The van der Waals surface area contributed by atoms with Gasteiger partial charge in [-0.2, -0.15) is 0 Å². The highest BCUT2D eigenvalue weighted by Crippen LogP contribution is 2.24. The maximum atomic E-state index is 5.92. The lowest BCUT2D eigenvalue weighted by Crippen LogP contribution is -2.26. The molecule has 1 saturated heterocycles. The molecule has 0 saturated carbocycles. The fourth-order valence-electron chi connectivity index (χ4n) is 1.62. The molecule has 13 heavy (non-hydrogen) atoms. The van der Waals surface area contributed by atoms with E-state index in [1.807, 2.05) is 0 Å². The summed E-state index contributed by atoms with van der Waals surface area (Å²) in [5.41, 5.74) is 7.22. The maximum absolute atomic E-state index is 5.92. The molecule has 0 amide bonds. The van der Waals surface area contributed by atoms with Gasteiger partial charge in [0.1, 0.15) is 0 Å². The molecule has 1 aromatic rings. The van der Waals surface area contributed by atoms with E-state index in [1.165, 1.54) is 9.13 Å². The molecule has 1 fully saturated rings. The van der Waals surface area contributed by atoms with Crippen molar-refractivity contribution in [3.05, 3.63) is 33.4 Å². The predicted octanol–water partition coefficient (Wildman–Crippen LogP) is 1.73. The summed E-state index contributed by atoms with van der Waals surface area (Å²) in [5, 5.41) is 0. The predicted molar refractivity (Wildman–Crippen MR) is 60.7 cm³/mol. The van der Waals surface area contributed by atoms with Crippen molar-refractivity contribution in [3.8, 4) is 0 Å². The fourth-order valence-corrected chi connectivity index (χ4v) is 1.98. The Bertz CT molecular complexity index is 285. The number of halogens is 1. The van der Waals surface area contributed by atoms with E-state index in [-0.39, 0.29) is 6.04 Å². The Morgan fingerprint density at radius 3 is 2.46 bits per heavy atom. The molecule has 2 nitrogen and oxygen atoms in total. The Hall–Kier alpha value is -0.130. The molecule has 2 rings (SSSR count). The molecular formula is C10H12INO. The van der Waals surface area contributed by atoms with Gasteiger partial charge in [-0.15, -0.1) is 0 Å². The van der Waals surface area contributed by atoms with Gasteiger partial charge in [0.2, 0.25) is 0 Å². The normalized spacial score (nSPS) is 27.8. The summed E-state index contributed by atoms with van der Waals surface area (Å²) >= 11 is 2.30. The topological polar surface area (TPSA) is 35.2 Å². The summed E-state index contributed by atoms with van der Waals surface area (Å²) in [7, 11) is 0. The first-order chi connectivity index (χ1) is 6.27. The van der Waals surface area contributed by atoms with Gasteiger partial charge in [-0.3, -0.25) is 0 Å². The largest absolute Gasteiger partial charge is 0.379 e. The molecule has 1 aliphatic heterocycles. The second-order valence-electron chi connectivity index (χ2n) is 3.36. The van der Waals surface area contributed by atoms with Gasteiger partial charge in [-0.1, -0.05) is 12.1 Å². The van der Waals surface area contributed by atoms with Gasteiger partial charge in [0.05, 0.1) is 13.2 Å². The van der Waals surface area contributed by atoms with Gasteiger partial charge in [0, 0.05) is 15.5 Å². The van der Waals surface area contributed by atoms with Gasteiger partial charge < -0.3 is 10.5 Å². The highest BCUT2D eigenvalue weighted by molar-refractivity contribution is 14.1. The van der Waals surface area contributed by atoms with Crippen LogP contribution in [0.2, 0.25) is 0 Å². The maximum Gasteiger partial charge on any atom is 0.0624 e. The van der Waals surface area contributed by atoms with Crippen LogP contribution in [0.4, 0.5) is 0 Å². The zero-order valence-corrected chi connectivity index (χ0v) is 9.40. The number of hydrogen-bond donors (Lipinski definition) is 1. The first kappa shape index (κ1) is 9.43. The van der Waals surface area contributed by atoms with Crippen molar-refractivity contribution in [1.82, 2.24) is 0 Å². The third-order valence-electron chi connectivity index (χ3n) is 2.42. The van der Waals surface area contributed by atoms with Crippen LogP contribution in [-0.4, -0.2) is 19.3 Å². The van der Waals surface area contributed by atoms with Crippen LogP contribution in [0.5, 0.6) is 0 Å². The van der Waals surface area contributed by atoms with Crippen molar-refractivity contribution in [3.63, 3.8) is 0 Å². The standard InChI is InChI=1S/C10H12INO/c11-8-3-1-7(2-4-8)9-5-13-6-10(9)12/h1-4,9-10H,5-6,12H2. The lowest BCUT2D eigenvalue weighted by atomic mass is 9.95. The first-order valence-electron chi connectivity index (χ1n) is 4.36. The van der Waals surface area contributed by atoms with Crippen molar-refractivity contribution in [2.45, 2.75) is 12.0 Å². The second-order valence-corrected chi connectivity index (χ2v) is 4.60. The SMILES string of the molecule is NC1COCC1c1ccc(I)cc1. The Morgan fingerprint density at radius 2 is 1.92 bits per heavy atom. The van der Waals surface area contributed by atoms with E-state index < -0.39 is 0 Å². The van der Waals surface area contributed by atoms with Crippen molar-refractivity contribution in [2.24, 2.45) is 5.73 Å². The zero-order chi connectivity index (χ0) is 9.26. The molecule has 1 heterocycles. The van der Waals surface area contributed by atoms with Crippen LogP contribution in [0, 0.1) is 3.57 Å². The fraction of sp³-hybridized carbons (Fsp3) is 0.400. The van der Waals surface area contributed by atoms with Crippen LogP contribution in [0.3, 0.4) is 0 Å². The summed E-state index contributed by atoms with van der Waals surface area (Å²) in [6, 6.07) is 8.67. The van der Waals surface area contributed by atoms with Crippen LogP contribution in [0.1, 0.15) is 11.5 Å². The molecular weight excluding hydrogens is 277 g/mol. The van der Waals surface area contributed by atoms with E-state index in [0.29, 0.717) is 12.5 Å². The van der Waals surface area contributed by atoms with E-state index in [0.717, 1.165) is 6.61 Å². The number of hydrogen-bond acceptors (Lipinski definition) is 2.